The van der Waals surface area contributed by atoms with Crippen molar-refractivity contribution in [3.05, 3.63) is 47.5 Å². The fourth-order valence-electron chi connectivity index (χ4n) is 2.95. The van der Waals surface area contributed by atoms with E-state index in [1.54, 1.807) is 16.9 Å². The summed E-state index contributed by atoms with van der Waals surface area (Å²) in [7, 11) is 1.83. The average molecular weight is 284 g/mol. The molecule has 0 radical (unpaired) electrons. The SMILES string of the molecule is Cc1cc(C2CCCN(C(=O)c3ccn(C)n3)C2)ccn1. The summed E-state index contributed by atoms with van der Waals surface area (Å²) in [6.07, 6.45) is 5.81. The third-order valence-electron chi connectivity index (χ3n) is 4.03. The lowest BCUT2D eigenvalue weighted by Crippen LogP contribution is -2.39. The number of aryl methyl sites for hydroxylation is 2. The molecule has 0 aromatic carbocycles. The summed E-state index contributed by atoms with van der Waals surface area (Å²) in [6.45, 7) is 3.58. The van der Waals surface area contributed by atoms with Gasteiger partial charge < -0.3 is 4.90 Å². The van der Waals surface area contributed by atoms with E-state index < -0.39 is 0 Å². The first-order valence-electron chi connectivity index (χ1n) is 7.35. The van der Waals surface area contributed by atoms with E-state index in [0.29, 0.717) is 11.6 Å². The Morgan fingerprint density at radius 1 is 1.38 bits per heavy atom. The van der Waals surface area contributed by atoms with Crippen molar-refractivity contribution in [1.29, 1.82) is 0 Å². The van der Waals surface area contributed by atoms with Gasteiger partial charge in [-0.2, -0.15) is 5.10 Å². The minimum absolute atomic E-state index is 0.0334. The Morgan fingerprint density at radius 3 is 2.95 bits per heavy atom. The number of carbonyl (C=O) groups is 1. The van der Waals surface area contributed by atoms with E-state index in [2.05, 4.69) is 22.2 Å². The van der Waals surface area contributed by atoms with E-state index in [4.69, 9.17) is 0 Å². The molecule has 1 atom stereocenters. The summed E-state index contributed by atoms with van der Waals surface area (Å²) < 4.78 is 1.67. The molecule has 3 heterocycles. The van der Waals surface area contributed by atoms with Crippen LogP contribution in [0.15, 0.2) is 30.6 Å². The molecule has 3 rings (SSSR count). The summed E-state index contributed by atoms with van der Waals surface area (Å²) in [5.74, 6) is 0.430. The maximum atomic E-state index is 12.5. The van der Waals surface area contributed by atoms with Crippen molar-refractivity contribution >= 4 is 5.91 Å². The lowest BCUT2D eigenvalue weighted by Gasteiger charge is -2.32. The second-order valence-electron chi connectivity index (χ2n) is 5.70. The van der Waals surface area contributed by atoms with Crippen molar-refractivity contribution in [3.63, 3.8) is 0 Å². The first-order chi connectivity index (χ1) is 10.1. The van der Waals surface area contributed by atoms with Crippen molar-refractivity contribution in [2.75, 3.05) is 13.1 Å². The average Bonchev–Trinajstić information content (AvgIpc) is 2.93. The van der Waals surface area contributed by atoms with Gasteiger partial charge in [0.15, 0.2) is 0 Å². The molecule has 21 heavy (non-hydrogen) atoms. The molecule has 0 aliphatic carbocycles. The van der Waals surface area contributed by atoms with Crippen molar-refractivity contribution in [2.45, 2.75) is 25.7 Å². The highest BCUT2D eigenvalue weighted by Gasteiger charge is 2.26. The van der Waals surface area contributed by atoms with Crippen LogP contribution in [0.25, 0.3) is 0 Å². The molecule has 1 aliphatic heterocycles. The molecule has 0 N–H and O–H groups in total. The Balaban J connectivity index is 1.75. The molecule has 0 bridgehead atoms. The van der Waals surface area contributed by atoms with E-state index in [9.17, 15) is 4.79 Å². The van der Waals surface area contributed by atoms with Crippen LogP contribution in [0.1, 0.15) is 40.5 Å². The van der Waals surface area contributed by atoms with Crippen molar-refractivity contribution in [3.8, 4) is 0 Å². The minimum Gasteiger partial charge on any atom is -0.337 e. The van der Waals surface area contributed by atoms with Crippen LogP contribution < -0.4 is 0 Å². The van der Waals surface area contributed by atoms with Gasteiger partial charge in [-0.15, -0.1) is 0 Å². The quantitative estimate of drug-likeness (QED) is 0.849. The Morgan fingerprint density at radius 2 is 2.24 bits per heavy atom. The fraction of sp³-hybridized carbons (Fsp3) is 0.438. The first kappa shape index (κ1) is 13.8. The summed E-state index contributed by atoms with van der Waals surface area (Å²) in [5, 5.41) is 4.21. The molecular weight excluding hydrogens is 264 g/mol. The van der Waals surface area contributed by atoms with Crippen LogP contribution in [0.4, 0.5) is 0 Å². The van der Waals surface area contributed by atoms with Gasteiger partial charge in [0.05, 0.1) is 0 Å². The molecule has 0 spiro atoms. The van der Waals surface area contributed by atoms with Gasteiger partial charge in [-0.3, -0.25) is 14.5 Å². The van der Waals surface area contributed by atoms with Crippen molar-refractivity contribution in [1.82, 2.24) is 19.7 Å². The van der Waals surface area contributed by atoms with Gasteiger partial charge in [0.1, 0.15) is 5.69 Å². The number of likely N-dealkylation sites (tertiary alicyclic amines) is 1. The van der Waals surface area contributed by atoms with Crippen LogP contribution in [-0.4, -0.2) is 38.7 Å². The van der Waals surface area contributed by atoms with E-state index in [1.807, 2.05) is 25.1 Å². The van der Waals surface area contributed by atoms with Crippen LogP contribution in [0, 0.1) is 6.92 Å². The number of piperidine rings is 1. The molecule has 110 valence electrons. The minimum atomic E-state index is 0.0334. The number of carbonyl (C=O) groups excluding carboxylic acids is 1. The maximum absolute atomic E-state index is 12.5. The smallest absolute Gasteiger partial charge is 0.274 e. The van der Waals surface area contributed by atoms with E-state index in [0.717, 1.165) is 31.6 Å². The zero-order chi connectivity index (χ0) is 14.8. The molecule has 5 heteroatoms. The highest BCUT2D eigenvalue weighted by atomic mass is 16.2. The van der Waals surface area contributed by atoms with E-state index >= 15 is 0 Å². The number of hydrogen-bond donors (Lipinski definition) is 0. The van der Waals surface area contributed by atoms with Crippen LogP contribution in [0.2, 0.25) is 0 Å². The fourth-order valence-corrected chi connectivity index (χ4v) is 2.95. The standard InChI is InChI=1S/C16H20N4O/c1-12-10-13(5-7-17-12)14-4-3-8-20(11-14)16(21)15-6-9-19(2)18-15/h5-7,9-10,14H,3-4,8,11H2,1-2H3. The number of nitrogens with zero attached hydrogens (tertiary/aromatic N) is 4. The highest BCUT2D eigenvalue weighted by Crippen LogP contribution is 2.27. The maximum Gasteiger partial charge on any atom is 0.274 e. The first-order valence-corrected chi connectivity index (χ1v) is 7.35. The van der Waals surface area contributed by atoms with E-state index in [1.165, 1.54) is 5.56 Å². The normalized spacial score (nSPS) is 18.8. The van der Waals surface area contributed by atoms with Gasteiger partial charge in [0.25, 0.3) is 5.91 Å². The van der Waals surface area contributed by atoms with Crippen LogP contribution in [0.3, 0.4) is 0 Å². The zero-order valence-electron chi connectivity index (χ0n) is 12.5. The molecule has 5 nitrogen and oxygen atoms in total. The summed E-state index contributed by atoms with van der Waals surface area (Å²) in [6, 6.07) is 5.97. The molecule has 1 aliphatic rings. The Kier molecular flexibility index (Phi) is 3.73. The zero-order valence-corrected chi connectivity index (χ0v) is 12.5. The summed E-state index contributed by atoms with van der Waals surface area (Å²) in [4.78, 5) is 18.7. The third-order valence-corrected chi connectivity index (χ3v) is 4.03. The predicted octanol–water partition coefficient (Wildman–Crippen LogP) is 2.14. The van der Waals surface area contributed by atoms with Crippen molar-refractivity contribution in [2.24, 2.45) is 7.05 Å². The number of aromatic nitrogens is 3. The summed E-state index contributed by atoms with van der Waals surface area (Å²) in [5.41, 5.74) is 2.84. The van der Waals surface area contributed by atoms with Gasteiger partial charge in [0.2, 0.25) is 0 Å². The molecule has 1 unspecified atom stereocenters. The number of amides is 1. The van der Waals surface area contributed by atoms with Gasteiger partial charge >= 0.3 is 0 Å². The largest absolute Gasteiger partial charge is 0.337 e. The molecule has 2 aromatic heterocycles. The monoisotopic (exact) mass is 284 g/mol. The highest BCUT2D eigenvalue weighted by molar-refractivity contribution is 5.92. The Bertz CT molecular complexity index is 649. The van der Waals surface area contributed by atoms with Crippen LogP contribution >= 0.6 is 0 Å². The lowest BCUT2D eigenvalue weighted by atomic mass is 9.90. The predicted molar refractivity (Wildman–Crippen MR) is 80.1 cm³/mol. The molecular formula is C16H20N4O. The van der Waals surface area contributed by atoms with Crippen LogP contribution in [0.5, 0.6) is 0 Å². The number of hydrogen-bond acceptors (Lipinski definition) is 3. The van der Waals surface area contributed by atoms with Crippen molar-refractivity contribution < 1.29 is 4.79 Å². The molecule has 1 fully saturated rings. The van der Waals surface area contributed by atoms with Gasteiger partial charge in [-0.05, 0) is 43.5 Å². The lowest BCUT2D eigenvalue weighted by molar-refractivity contribution is 0.0700. The Hall–Kier alpha value is -2.17. The molecule has 2 aromatic rings. The number of rotatable bonds is 2. The van der Waals surface area contributed by atoms with Gasteiger partial charge in [0, 0.05) is 44.1 Å². The van der Waals surface area contributed by atoms with Crippen LogP contribution in [-0.2, 0) is 7.05 Å². The Labute approximate surface area is 124 Å². The van der Waals surface area contributed by atoms with Gasteiger partial charge in [-0.1, -0.05) is 0 Å². The van der Waals surface area contributed by atoms with Gasteiger partial charge in [-0.25, -0.2) is 0 Å². The number of pyridine rings is 1. The summed E-state index contributed by atoms with van der Waals surface area (Å²) >= 11 is 0. The van der Waals surface area contributed by atoms with E-state index in [-0.39, 0.29) is 5.91 Å². The topological polar surface area (TPSA) is 51.0 Å². The molecule has 1 saturated heterocycles. The molecule has 0 saturated carbocycles. The molecule has 1 amide bonds. The third kappa shape index (κ3) is 2.96. The second kappa shape index (κ2) is 5.68. The second-order valence-corrected chi connectivity index (χ2v) is 5.70.